The summed E-state index contributed by atoms with van der Waals surface area (Å²) in [6.45, 7) is 3.54. The van der Waals surface area contributed by atoms with E-state index in [4.69, 9.17) is 4.74 Å². The Morgan fingerprint density at radius 3 is 2.26 bits per heavy atom. The molecule has 122 valence electrons. The van der Waals surface area contributed by atoms with Crippen molar-refractivity contribution in [2.45, 2.75) is 20.0 Å². The number of aromatic nitrogens is 2. The molecular weight excluding hydrogens is 294 g/mol. The van der Waals surface area contributed by atoms with Gasteiger partial charge in [-0.2, -0.15) is 5.10 Å². The van der Waals surface area contributed by atoms with Crippen LogP contribution in [0, 0.1) is 13.8 Å². The molecule has 0 spiro atoms. The summed E-state index contributed by atoms with van der Waals surface area (Å²) < 4.78 is 7.16. The summed E-state index contributed by atoms with van der Waals surface area (Å²) >= 11 is 0. The number of nitrogens with zero attached hydrogens (tertiary/aromatic N) is 3. The number of carbonyl (C=O) groups is 2. The Hall–Kier alpha value is -2.63. The lowest BCUT2D eigenvalue weighted by atomic mass is 10.1. The first-order chi connectivity index (χ1) is 10.8. The zero-order chi connectivity index (χ0) is 17.1. The molecule has 0 radical (unpaired) electrons. The second kappa shape index (κ2) is 6.64. The zero-order valence-corrected chi connectivity index (χ0v) is 14.0. The van der Waals surface area contributed by atoms with Gasteiger partial charge in [-0.3, -0.25) is 9.48 Å². The van der Waals surface area contributed by atoms with Crippen molar-refractivity contribution in [2.24, 2.45) is 7.05 Å². The molecule has 1 atom stereocenters. The normalized spacial score (nSPS) is 11.9. The molecule has 1 amide bonds. The van der Waals surface area contributed by atoms with Gasteiger partial charge < -0.3 is 9.64 Å². The van der Waals surface area contributed by atoms with E-state index < -0.39 is 12.1 Å². The lowest BCUT2D eigenvalue weighted by Gasteiger charge is -2.21. The summed E-state index contributed by atoms with van der Waals surface area (Å²) in [6.07, 6.45) is -0.974. The fourth-order valence-electron chi connectivity index (χ4n) is 2.36. The van der Waals surface area contributed by atoms with Crippen LogP contribution in [0.1, 0.15) is 33.4 Å². The van der Waals surface area contributed by atoms with Gasteiger partial charge in [0.2, 0.25) is 6.10 Å². The molecule has 1 aromatic heterocycles. The Morgan fingerprint density at radius 2 is 1.78 bits per heavy atom. The summed E-state index contributed by atoms with van der Waals surface area (Å²) in [7, 11) is 5.03. The van der Waals surface area contributed by atoms with Crippen molar-refractivity contribution in [3.05, 3.63) is 52.8 Å². The summed E-state index contributed by atoms with van der Waals surface area (Å²) in [5.41, 5.74) is 2.33. The third-order valence-corrected chi connectivity index (χ3v) is 3.71. The highest BCUT2D eigenvalue weighted by Gasteiger charge is 2.29. The van der Waals surface area contributed by atoms with E-state index in [1.165, 1.54) is 4.90 Å². The minimum atomic E-state index is -0.974. The third-order valence-electron chi connectivity index (χ3n) is 3.71. The lowest BCUT2D eigenvalue weighted by molar-refractivity contribution is -0.138. The standard InChI is InChI=1S/C17H21N3O3/c1-11-14(12(2)20(5)18-11)17(22)23-15(16(21)19(3)4)13-9-7-6-8-10-13/h6-10,15H,1-5H3/t15-/m0/s1. The predicted molar refractivity (Wildman–Crippen MR) is 86.0 cm³/mol. The van der Waals surface area contributed by atoms with Gasteiger partial charge in [-0.1, -0.05) is 30.3 Å². The molecule has 0 saturated carbocycles. The molecule has 2 rings (SSSR count). The van der Waals surface area contributed by atoms with Crippen LogP contribution < -0.4 is 0 Å². The van der Waals surface area contributed by atoms with Crippen molar-refractivity contribution in [1.82, 2.24) is 14.7 Å². The van der Waals surface area contributed by atoms with Crippen LogP contribution in [0.25, 0.3) is 0 Å². The van der Waals surface area contributed by atoms with Crippen molar-refractivity contribution >= 4 is 11.9 Å². The molecule has 0 N–H and O–H groups in total. The van der Waals surface area contributed by atoms with Crippen LogP contribution in [0.2, 0.25) is 0 Å². The smallest absolute Gasteiger partial charge is 0.343 e. The van der Waals surface area contributed by atoms with Gasteiger partial charge in [0.25, 0.3) is 5.91 Å². The number of benzene rings is 1. The van der Waals surface area contributed by atoms with Crippen molar-refractivity contribution in [3.8, 4) is 0 Å². The van der Waals surface area contributed by atoms with Gasteiger partial charge in [0.1, 0.15) is 5.56 Å². The van der Waals surface area contributed by atoms with Crippen LogP contribution in [0.15, 0.2) is 30.3 Å². The first kappa shape index (κ1) is 16.7. The van der Waals surface area contributed by atoms with Gasteiger partial charge in [-0.25, -0.2) is 4.79 Å². The third kappa shape index (κ3) is 3.41. The van der Waals surface area contributed by atoms with Crippen molar-refractivity contribution < 1.29 is 14.3 Å². The molecule has 0 aliphatic rings. The monoisotopic (exact) mass is 315 g/mol. The van der Waals surface area contributed by atoms with Gasteiger partial charge >= 0.3 is 5.97 Å². The van der Waals surface area contributed by atoms with E-state index in [-0.39, 0.29) is 5.91 Å². The number of aryl methyl sites for hydroxylation is 2. The SMILES string of the molecule is Cc1nn(C)c(C)c1C(=O)O[C@H](C(=O)N(C)C)c1ccccc1. The van der Waals surface area contributed by atoms with E-state index in [0.29, 0.717) is 22.5 Å². The minimum absolute atomic E-state index is 0.288. The van der Waals surface area contributed by atoms with Crippen LogP contribution in [0.4, 0.5) is 0 Å². The molecule has 1 aromatic carbocycles. The number of esters is 1. The quantitative estimate of drug-likeness (QED) is 0.810. The van der Waals surface area contributed by atoms with Crippen LogP contribution in [-0.4, -0.2) is 40.7 Å². The van der Waals surface area contributed by atoms with E-state index in [1.807, 2.05) is 6.07 Å². The number of hydrogen-bond acceptors (Lipinski definition) is 4. The van der Waals surface area contributed by atoms with Crippen LogP contribution in [0.5, 0.6) is 0 Å². The van der Waals surface area contributed by atoms with Gasteiger partial charge in [-0.05, 0) is 13.8 Å². The molecule has 2 aromatic rings. The number of amides is 1. The average molecular weight is 315 g/mol. The maximum atomic E-state index is 12.6. The van der Waals surface area contributed by atoms with E-state index in [1.54, 1.807) is 63.9 Å². The first-order valence-corrected chi connectivity index (χ1v) is 7.30. The van der Waals surface area contributed by atoms with Crippen LogP contribution >= 0.6 is 0 Å². The maximum Gasteiger partial charge on any atom is 0.343 e. The topological polar surface area (TPSA) is 64.4 Å². The molecule has 0 aliphatic heterocycles. The van der Waals surface area contributed by atoms with Crippen LogP contribution in [-0.2, 0) is 16.6 Å². The molecular formula is C17H21N3O3. The summed E-state index contributed by atoms with van der Waals surface area (Å²) in [6, 6.07) is 8.99. The Kier molecular flexibility index (Phi) is 4.83. The van der Waals surface area contributed by atoms with Gasteiger partial charge in [0, 0.05) is 32.4 Å². The first-order valence-electron chi connectivity index (χ1n) is 7.30. The van der Waals surface area contributed by atoms with E-state index >= 15 is 0 Å². The Balaban J connectivity index is 2.35. The summed E-state index contributed by atoms with van der Waals surface area (Å²) in [5, 5.41) is 4.21. The molecule has 6 nitrogen and oxygen atoms in total. The van der Waals surface area contributed by atoms with Gasteiger partial charge in [0.15, 0.2) is 0 Å². The van der Waals surface area contributed by atoms with E-state index in [0.717, 1.165) is 0 Å². The molecule has 0 bridgehead atoms. The zero-order valence-electron chi connectivity index (χ0n) is 14.0. The highest BCUT2D eigenvalue weighted by molar-refractivity contribution is 5.94. The number of likely N-dealkylation sites (N-methyl/N-ethyl adjacent to an activating group) is 1. The second-order valence-corrected chi connectivity index (χ2v) is 5.60. The maximum absolute atomic E-state index is 12.6. The fraction of sp³-hybridized carbons (Fsp3) is 0.353. The van der Waals surface area contributed by atoms with Crippen molar-refractivity contribution in [1.29, 1.82) is 0 Å². The number of ether oxygens (including phenoxy) is 1. The molecule has 6 heteroatoms. The second-order valence-electron chi connectivity index (χ2n) is 5.60. The number of hydrogen-bond donors (Lipinski definition) is 0. The van der Waals surface area contributed by atoms with Gasteiger partial charge in [0.05, 0.1) is 5.69 Å². The number of carbonyl (C=O) groups excluding carboxylic acids is 2. The summed E-state index contributed by atoms with van der Waals surface area (Å²) in [5.74, 6) is -0.833. The molecule has 0 fully saturated rings. The molecule has 0 saturated heterocycles. The molecule has 1 heterocycles. The molecule has 0 unspecified atom stereocenters. The van der Waals surface area contributed by atoms with Crippen molar-refractivity contribution in [2.75, 3.05) is 14.1 Å². The number of rotatable bonds is 4. The Bertz CT molecular complexity index is 720. The largest absolute Gasteiger partial charge is 0.444 e. The van der Waals surface area contributed by atoms with E-state index in [9.17, 15) is 9.59 Å². The summed E-state index contributed by atoms with van der Waals surface area (Å²) in [4.78, 5) is 26.4. The van der Waals surface area contributed by atoms with Gasteiger partial charge in [-0.15, -0.1) is 0 Å². The Labute approximate surface area is 135 Å². The molecule has 23 heavy (non-hydrogen) atoms. The molecule has 0 aliphatic carbocycles. The minimum Gasteiger partial charge on any atom is -0.444 e. The van der Waals surface area contributed by atoms with Crippen molar-refractivity contribution in [3.63, 3.8) is 0 Å². The average Bonchev–Trinajstić information content (AvgIpc) is 2.77. The highest BCUT2D eigenvalue weighted by Crippen LogP contribution is 2.23. The fourth-order valence-corrected chi connectivity index (χ4v) is 2.36. The van der Waals surface area contributed by atoms with Crippen LogP contribution in [0.3, 0.4) is 0 Å². The predicted octanol–water partition coefficient (Wildman–Crippen LogP) is 2.02. The van der Waals surface area contributed by atoms with E-state index in [2.05, 4.69) is 5.10 Å². The highest BCUT2D eigenvalue weighted by atomic mass is 16.5. The Morgan fingerprint density at radius 1 is 1.17 bits per heavy atom. The lowest BCUT2D eigenvalue weighted by Crippen LogP contribution is -2.31.